The van der Waals surface area contributed by atoms with Crippen molar-refractivity contribution in [2.24, 2.45) is 0 Å². The van der Waals surface area contributed by atoms with Crippen molar-refractivity contribution in [3.05, 3.63) is 35.9 Å². The summed E-state index contributed by atoms with van der Waals surface area (Å²) in [5.74, 6) is -0.00546. The predicted molar refractivity (Wildman–Crippen MR) is 82.6 cm³/mol. The zero-order valence-corrected chi connectivity index (χ0v) is 12.8. The average molecular weight is 288 g/mol. The topological polar surface area (TPSA) is 49.4 Å². The Morgan fingerprint density at radius 2 is 1.81 bits per heavy atom. The quantitative estimate of drug-likeness (QED) is 0.875. The maximum absolute atomic E-state index is 12.7. The second kappa shape index (κ2) is 7.25. The van der Waals surface area contributed by atoms with Crippen LogP contribution in [0.15, 0.2) is 30.3 Å². The molecule has 1 fully saturated rings. The summed E-state index contributed by atoms with van der Waals surface area (Å²) >= 11 is 0. The Balaban J connectivity index is 2.28. The van der Waals surface area contributed by atoms with Crippen LogP contribution in [0.3, 0.4) is 0 Å². The minimum Gasteiger partial charge on any atom is -0.342 e. The summed E-state index contributed by atoms with van der Waals surface area (Å²) < 4.78 is 0. The van der Waals surface area contributed by atoms with Crippen LogP contribution < -0.4 is 5.32 Å². The summed E-state index contributed by atoms with van der Waals surface area (Å²) in [7, 11) is 0. The van der Waals surface area contributed by atoms with Gasteiger partial charge in [0.05, 0.1) is 0 Å². The molecule has 0 aliphatic carbocycles. The van der Waals surface area contributed by atoms with Crippen molar-refractivity contribution in [1.29, 1.82) is 0 Å². The number of amides is 2. The summed E-state index contributed by atoms with van der Waals surface area (Å²) in [4.78, 5) is 26.9. The van der Waals surface area contributed by atoms with Crippen molar-refractivity contribution in [3.63, 3.8) is 0 Å². The van der Waals surface area contributed by atoms with Crippen LogP contribution in [0.5, 0.6) is 0 Å². The van der Waals surface area contributed by atoms with E-state index in [1.54, 1.807) is 4.90 Å². The molecule has 1 N–H and O–H groups in total. The van der Waals surface area contributed by atoms with Gasteiger partial charge in [-0.15, -0.1) is 0 Å². The predicted octanol–water partition coefficient (Wildman–Crippen LogP) is 2.65. The third kappa shape index (κ3) is 3.43. The second-order valence-electron chi connectivity index (χ2n) is 5.55. The maximum atomic E-state index is 12.7. The molecule has 0 radical (unpaired) electrons. The van der Waals surface area contributed by atoms with Gasteiger partial charge >= 0.3 is 0 Å². The van der Waals surface area contributed by atoms with E-state index in [1.807, 2.05) is 37.3 Å². The van der Waals surface area contributed by atoms with Crippen LogP contribution in [0.2, 0.25) is 0 Å². The fourth-order valence-corrected chi connectivity index (χ4v) is 2.80. The Kier molecular flexibility index (Phi) is 5.37. The number of carbonyl (C=O) groups is 2. The van der Waals surface area contributed by atoms with E-state index in [-0.39, 0.29) is 17.9 Å². The summed E-state index contributed by atoms with van der Waals surface area (Å²) in [6.07, 6.45) is 3.51. The van der Waals surface area contributed by atoms with E-state index in [0.717, 1.165) is 24.8 Å². The lowest BCUT2D eigenvalue weighted by Crippen LogP contribution is -2.59. The molecule has 1 saturated heterocycles. The van der Waals surface area contributed by atoms with Gasteiger partial charge in [0.15, 0.2) is 0 Å². The van der Waals surface area contributed by atoms with E-state index in [9.17, 15) is 9.59 Å². The molecule has 2 atom stereocenters. The highest BCUT2D eigenvalue weighted by atomic mass is 16.2. The van der Waals surface area contributed by atoms with Gasteiger partial charge in [0.1, 0.15) is 12.1 Å². The number of hydrogen-bond acceptors (Lipinski definition) is 2. The smallest absolute Gasteiger partial charge is 0.248 e. The molecule has 0 aromatic heterocycles. The van der Waals surface area contributed by atoms with Crippen molar-refractivity contribution in [2.45, 2.75) is 51.6 Å². The number of piperazine rings is 1. The maximum Gasteiger partial charge on any atom is 0.248 e. The number of unbranched alkanes of at least 4 members (excludes halogenated alkanes) is 1. The Bertz CT molecular complexity index is 487. The van der Waals surface area contributed by atoms with Crippen molar-refractivity contribution < 1.29 is 9.59 Å². The fourth-order valence-electron chi connectivity index (χ4n) is 2.80. The Morgan fingerprint density at radius 3 is 2.43 bits per heavy atom. The first-order valence-corrected chi connectivity index (χ1v) is 7.84. The molecule has 0 spiro atoms. The minimum absolute atomic E-state index is 0.0544. The molecule has 4 nitrogen and oxygen atoms in total. The van der Waals surface area contributed by atoms with Crippen molar-refractivity contribution in [1.82, 2.24) is 10.2 Å². The zero-order chi connectivity index (χ0) is 15.2. The van der Waals surface area contributed by atoms with Gasteiger partial charge in [-0.1, -0.05) is 57.0 Å². The van der Waals surface area contributed by atoms with Gasteiger partial charge in [0.2, 0.25) is 11.8 Å². The van der Waals surface area contributed by atoms with Crippen LogP contribution in [0.1, 0.15) is 51.1 Å². The SMILES string of the molecule is CCCCN1C(=O)C(CCC)NC(=O)C1c1ccccc1. The van der Waals surface area contributed by atoms with Crippen LogP contribution in [-0.4, -0.2) is 29.3 Å². The summed E-state index contributed by atoms with van der Waals surface area (Å²) in [6.45, 7) is 4.76. The molecular formula is C17H24N2O2. The lowest BCUT2D eigenvalue weighted by Gasteiger charge is -2.39. The number of hydrogen-bond donors (Lipinski definition) is 1. The van der Waals surface area contributed by atoms with Crippen LogP contribution in [0.4, 0.5) is 0 Å². The normalized spacial score (nSPS) is 22.3. The molecule has 2 unspecified atom stereocenters. The molecule has 21 heavy (non-hydrogen) atoms. The number of benzene rings is 1. The lowest BCUT2D eigenvalue weighted by atomic mass is 9.97. The highest BCUT2D eigenvalue weighted by Crippen LogP contribution is 2.26. The van der Waals surface area contributed by atoms with E-state index in [4.69, 9.17) is 0 Å². The van der Waals surface area contributed by atoms with Crippen molar-refractivity contribution in [2.75, 3.05) is 6.54 Å². The van der Waals surface area contributed by atoms with E-state index in [0.29, 0.717) is 13.0 Å². The Labute approximate surface area is 126 Å². The molecule has 1 aliphatic rings. The largest absolute Gasteiger partial charge is 0.342 e. The number of nitrogens with one attached hydrogen (secondary N) is 1. The molecule has 2 amide bonds. The van der Waals surface area contributed by atoms with Gasteiger partial charge in [-0.25, -0.2) is 0 Å². The molecule has 1 heterocycles. The molecule has 2 rings (SSSR count). The van der Waals surface area contributed by atoms with Crippen LogP contribution in [0.25, 0.3) is 0 Å². The number of carbonyl (C=O) groups excluding carboxylic acids is 2. The van der Waals surface area contributed by atoms with Crippen LogP contribution in [-0.2, 0) is 9.59 Å². The highest BCUT2D eigenvalue weighted by Gasteiger charge is 2.40. The van der Waals surface area contributed by atoms with Gasteiger partial charge in [0, 0.05) is 6.54 Å². The summed E-state index contributed by atoms with van der Waals surface area (Å²) in [6, 6.07) is 8.71. The number of rotatable bonds is 6. The second-order valence-corrected chi connectivity index (χ2v) is 5.55. The van der Waals surface area contributed by atoms with E-state index in [2.05, 4.69) is 12.2 Å². The Hall–Kier alpha value is -1.84. The first kappa shape index (κ1) is 15.5. The zero-order valence-electron chi connectivity index (χ0n) is 12.8. The lowest BCUT2D eigenvalue weighted by molar-refractivity contribution is -0.150. The minimum atomic E-state index is -0.488. The fraction of sp³-hybridized carbons (Fsp3) is 0.529. The van der Waals surface area contributed by atoms with Crippen LogP contribution in [0, 0.1) is 0 Å². The van der Waals surface area contributed by atoms with Crippen molar-refractivity contribution in [3.8, 4) is 0 Å². The molecule has 1 aromatic rings. The molecule has 1 aliphatic heterocycles. The van der Waals surface area contributed by atoms with Crippen molar-refractivity contribution >= 4 is 11.8 Å². The number of nitrogens with zero attached hydrogens (tertiary/aromatic N) is 1. The standard InChI is InChI=1S/C17H24N2O2/c1-3-5-12-19-15(13-10-7-6-8-11-13)16(20)18-14(9-4-2)17(19)21/h6-8,10-11,14-15H,3-5,9,12H2,1-2H3,(H,18,20). The van der Waals surface area contributed by atoms with E-state index >= 15 is 0 Å². The molecule has 0 bridgehead atoms. The molecule has 114 valence electrons. The highest BCUT2D eigenvalue weighted by molar-refractivity contribution is 5.97. The van der Waals surface area contributed by atoms with E-state index < -0.39 is 6.04 Å². The average Bonchev–Trinajstić information content (AvgIpc) is 2.50. The van der Waals surface area contributed by atoms with Gasteiger partial charge in [-0.2, -0.15) is 0 Å². The third-order valence-electron chi connectivity index (χ3n) is 3.90. The third-order valence-corrected chi connectivity index (χ3v) is 3.90. The van der Waals surface area contributed by atoms with Gasteiger partial charge in [0.25, 0.3) is 0 Å². The van der Waals surface area contributed by atoms with Gasteiger partial charge < -0.3 is 10.2 Å². The molecule has 0 saturated carbocycles. The monoisotopic (exact) mass is 288 g/mol. The van der Waals surface area contributed by atoms with Gasteiger partial charge in [-0.3, -0.25) is 9.59 Å². The van der Waals surface area contributed by atoms with Gasteiger partial charge in [-0.05, 0) is 18.4 Å². The molecule has 4 heteroatoms. The first-order valence-electron chi connectivity index (χ1n) is 7.84. The summed E-state index contributed by atoms with van der Waals surface area (Å²) in [5.41, 5.74) is 0.884. The summed E-state index contributed by atoms with van der Waals surface area (Å²) in [5, 5.41) is 2.89. The molecule has 1 aromatic carbocycles. The Morgan fingerprint density at radius 1 is 1.10 bits per heavy atom. The molecular weight excluding hydrogens is 264 g/mol. The van der Waals surface area contributed by atoms with Crippen LogP contribution >= 0.6 is 0 Å². The first-order chi connectivity index (χ1) is 10.2. The van der Waals surface area contributed by atoms with E-state index in [1.165, 1.54) is 0 Å².